The second-order valence-electron chi connectivity index (χ2n) is 4.74. The lowest BCUT2D eigenvalue weighted by Gasteiger charge is -2.10. The Bertz CT molecular complexity index is 842. The topological polar surface area (TPSA) is 90.3 Å². The zero-order valence-electron chi connectivity index (χ0n) is 11.9. The first-order valence-corrected chi connectivity index (χ1v) is 6.75. The van der Waals surface area contributed by atoms with E-state index in [-0.39, 0.29) is 23.3 Å². The minimum Gasteiger partial charge on any atom is -0.508 e. The molecule has 1 aromatic heterocycles. The molecule has 116 valence electrons. The van der Waals surface area contributed by atoms with Crippen LogP contribution in [0.15, 0.2) is 54.7 Å². The summed E-state index contributed by atoms with van der Waals surface area (Å²) in [6, 6.07) is 12.7. The molecule has 0 atom stereocenters. The normalized spacial score (nSPS) is 10.3. The maximum atomic E-state index is 13.8. The van der Waals surface area contributed by atoms with Gasteiger partial charge in [-0.3, -0.25) is 0 Å². The van der Waals surface area contributed by atoms with E-state index in [1.807, 2.05) is 0 Å². The molecule has 7 heteroatoms. The zero-order chi connectivity index (χ0) is 16.2. The van der Waals surface area contributed by atoms with Crippen molar-refractivity contribution in [2.24, 2.45) is 0 Å². The maximum absolute atomic E-state index is 13.8. The van der Waals surface area contributed by atoms with Crippen molar-refractivity contribution in [3.8, 4) is 11.5 Å². The number of aromatic nitrogens is 2. The molecule has 3 rings (SSSR count). The van der Waals surface area contributed by atoms with E-state index in [9.17, 15) is 14.6 Å². The largest absolute Gasteiger partial charge is 0.508 e. The van der Waals surface area contributed by atoms with Crippen molar-refractivity contribution in [1.29, 1.82) is 0 Å². The van der Waals surface area contributed by atoms with Gasteiger partial charge in [0.1, 0.15) is 11.5 Å². The number of nitrogens with one attached hydrogen (secondary N) is 2. The lowest BCUT2D eigenvalue weighted by Crippen LogP contribution is -2.03. The van der Waals surface area contributed by atoms with E-state index in [1.165, 1.54) is 24.3 Å². The van der Waals surface area contributed by atoms with Crippen LogP contribution in [0.3, 0.4) is 0 Å². The van der Waals surface area contributed by atoms with Crippen LogP contribution in [-0.4, -0.2) is 20.2 Å². The van der Waals surface area contributed by atoms with E-state index < -0.39 is 5.82 Å². The fraction of sp³-hybridized carbons (Fsp3) is 0. The molecule has 0 unspecified atom stereocenters. The number of phenolic OH excluding ortho intramolecular Hbond substituents is 2. The van der Waals surface area contributed by atoms with Crippen molar-refractivity contribution >= 4 is 23.1 Å². The van der Waals surface area contributed by atoms with Crippen molar-refractivity contribution in [2.75, 3.05) is 10.6 Å². The fourth-order valence-corrected chi connectivity index (χ4v) is 1.95. The zero-order valence-corrected chi connectivity index (χ0v) is 11.9. The number of aromatic hydroxyl groups is 2. The summed E-state index contributed by atoms with van der Waals surface area (Å²) in [5.41, 5.74) is 1.06. The van der Waals surface area contributed by atoms with Crippen LogP contribution in [0.25, 0.3) is 0 Å². The Morgan fingerprint density at radius 1 is 0.870 bits per heavy atom. The Morgan fingerprint density at radius 2 is 1.48 bits per heavy atom. The Kier molecular flexibility index (Phi) is 3.92. The summed E-state index contributed by atoms with van der Waals surface area (Å²) in [7, 11) is 0. The van der Waals surface area contributed by atoms with Crippen LogP contribution in [0.1, 0.15) is 0 Å². The third-order valence-electron chi connectivity index (χ3n) is 2.96. The number of halogens is 1. The first-order chi connectivity index (χ1) is 11.1. The Labute approximate surface area is 131 Å². The van der Waals surface area contributed by atoms with Gasteiger partial charge in [-0.2, -0.15) is 4.98 Å². The Morgan fingerprint density at radius 3 is 2.09 bits per heavy atom. The van der Waals surface area contributed by atoms with Gasteiger partial charge in [0.25, 0.3) is 0 Å². The van der Waals surface area contributed by atoms with Gasteiger partial charge in [0.05, 0.1) is 6.20 Å². The van der Waals surface area contributed by atoms with Crippen molar-refractivity contribution in [3.05, 3.63) is 60.5 Å². The van der Waals surface area contributed by atoms with Crippen molar-refractivity contribution in [3.63, 3.8) is 0 Å². The van der Waals surface area contributed by atoms with Crippen molar-refractivity contribution in [2.45, 2.75) is 0 Å². The molecule has 3 aromatic rings. The molecule has 0 aliphatic heterocycles. The van der Waals surface area contributed by atoms with E-state index in [4.69, 9.17) is 0 Å². The Balaban J connectivity index is 1.84. The Hall–Kier alpha value is -3.35. The molecular weight excluding hydrogens is 299 g/mol. The van der Waals surface area contributed by atoms with Crippen LogP contribution >= 0.6 is 0 Å². The molecule has 0 spiro atoms. The third-order valence-corrected chi connectivity index (χ3v) is 2.96. The quantitative estimate of drug-likeness (QED) is 0.589. The van der Waals surface area contributed by atoms with Crippen LogP contribution in [0.4, 0.5) is 27.5 Å². The SMILES string of the molecule is Oc1cccc(Nc2ncc(F)c(Nc3cccc(O)c3)n2)c1. The number of rotatable bonds is 4. The first kappa shape index (κ1) is 14.6. The van der Waals surface area contributed by atoms with Gasteiger partial charge in [0, 0.05) is 23.5 Å². The molecule has 2 aromatic carbocycles. The van der Waals surface area contributed by atoms with E-state index in [0.717, 1.165) is 6.20 Å². The number of phenols is 2. The van der Waals surface area contributed by atoms with Gasteiger partial charge in [0.2, 0.25) is 5.95 Å². The van der Waals surface area contributed by atoms with Crippen LogP contribution < -0.4 is 10.6 Å². The van der Waals surface area contributed by atoms with Crippen molar-refractivity contribution < 1.29 is 14.6 Å². The van der Waals surface area contributed by atoms with Crippen LogP contribution in [-0.2, 0) is 0 Å². The lowest BCUT2D eigenvalue weighted by molar-refractivity contribution is 0.475. The minimum absolute atomic E-state index is 0.0340. The molecule has 0 saturated carbocycles. The average Bonchev–Trinajstić information content (AvgIpc) is 2.51. The summed E-state index contributed by atoms with van der Waals surface area (Å²) in [6.07, 6.45) is 1.03. The van der Waals surface area contributed by atoms with Gasteiger partial charge in [-0.25, -0.2) is 9.37 Å². The van der Waals surface area contributed by atoms with Gasteiger partial charge in [-0.15, -0.1) is 0 Å². The molecule has 0 radical (unpaired) electrons. The van der Waals surface area contributed by atoms with Gasteiger partial charge in [0.15, 0.2) is 11.6 Å². The van der Waals surface area contributed by atoms with Gasteiger partial charge < -0.3 is 20.8 Å². The molecule has 1 heterocycles. The minimum atomic E-state index is -0.630. The molecule has 0 aliphatic carbocycles. The molecule has 0 saturated heterocycles. The van der Waals surface area contributed by atoms with E-state index in [2.05, 4.69) is 20.6 Å². The number of hydrogen-bond acceptors (Lipinski definition) is 6. The smallest absolute Gasteiger partial charge is 0.229 e. The number of hydrogen-bond donors (Lipinski definition) is 4. The second-order valence-corrected chi connectivity index (χ2v) is 4.74. The van der Waals surface area contributed by atoms with Crippen LogP contribution in [0.5, 0.6) is 11.5 Å². The van der Waals surface area contributed by atoms with Gasteiger partial charge in [-0.1, -0.05) is 12.1 Å². The standard InChI is InChI=1S/C16H13FN4O2/c17-14-9-18-16(20-11-4-2-6-13(23)8-11)21-15(14)19-10-3-1-5-12(22)7-10/h1-9,22-23H,(H2,18,19,20,21). The summed E-state index contributed by atoms with van der Waals surface area (Å²) < 4.78 is 13.8. The van der Waals surface area contributed by atoms with Gasteiger partial charge in [-0.05, 0) is 24.3 Å². The van der Waals surface area contributed by atoms with E-state index in [0.29, 0.717) is 11.4 Å². The summed E-state index contributed by atoms with van der Waals surface area (Å²) >= 11 is 0. The highest BCUT2D eigenvalue weighted by atomic mass is 19.1. The first-order valence-electron chi connectivity index (χ1n) is 6.75. The van der Waals surface area contributed by atoms with E-state index >= 15 is 0 Å². The summed E-state index contributed by atoms with van der Waals surface area (Å²) in [4.78, 5) is 7.91. The summed E-state index contributed by atoms with van der Waals surface area (Å²) in [6.45, 7) is 0. The number of nitrogens with zero attached hydrogens (tertiary/aromatic N) is 2. The highest BCUT2D eigenvalue weighted by Gasteiger charge is 2.08. The highest BCUT2D eigenvalue weighted by molar-refractivity contribution is 5.61. The van der Waals surface area contributed by atoms with E-state index in [1.54, 1.807) is 24.3 Å². The number of anilines is 4. The molecular formula is C16H13FN4O2. The number of benzene rings is 2. The molecule has 0 fully saturated rings. The molecule has 6 nitrogen and oxygen atoms in total. The molecule has 4 N–H and O–H groups in total. The predicted octanol–water partition coefficient (Wildman–Crippen LogP) is 3.51. The maximum Gasteiger partial charge on any atom is 0.229 e. The molecule has 0 aliphatic rings. The predicted molar refractivity (Wildman–Crippen MR) is 84.8 cm³/mol. The molecule has 23 heavy (non-hydrogen) atoms. The third kappa shape index (κ3) is 3.65. The van der Waals surface area contributed by atoms with Crippen LogP contribution in [0, 0.1) is 5.82 Å². The fourth-order valence-electron chi connectivity index (χ4n) is 1.95. The molecule has 0 amide bonds. The lowest BCUT2D eigenvalue weighted by atomic mass is 10.3. The van der Waals surface area contributed by atoms with Crippen molar-refractivity contribution in [1.82, 2.24) is 9.97 Å². The summed E-state index contributed by atoms with van der Waals surface area (Å²) in [5.74, 6) is -0.347. The monoisotopic (exact) mass is 312 g/mol. The average molecular weight is 312 g/mol. The molecule has 0 bridgehead atoms. The van der Waals surface area contributed by atoms with Crippen LogP contribution in [0.2, 0.25) is 0 Å². The summed E-state index contributed by atoms with van der Waals surface area (Å²) in [5, 5.41) is 24.5. The van der Waals surface area contributed by atoms with Gasteiger partial charge >= 0.3 is 0 Å². The second kappa shape index (κ2) is 6.18. The highest BCUT2D eigenvalue weighted by Crippen LogP contribution is 2.23.